The summed E-state index contributed by atoms with van der Waals surface area (Å²) in [6.45, 7) is 4.23. The number of rotatable bonds is 6. The number of ether oxygens (including phenoxy) is 1. The Morgan fingerprint density at radius 1 is 1.41 bits per heavy atom. The van der Waals surface area contributed by atoms with Crippen LogP contribution in [0.4, 0.5) is 0 Å². The van der Waals surface area contributed by atoms with Crippen LogP contribution >= 0.6 is 11.8 Å². The number of carbonyl (C=O) groups is 1. The van der Waals surface area contributed by atoms with E-state index in [-0.39, 0.29) is 18.3 Å². The fourth-order valence-electron chi connectivity index (χ4n) is 1.81. The van der Waals surface area contributed by atoms with Crippen molar-refractivity contribution in [3.63, 3.8) is 0 Å². The smallest absolute Gasteiger partial charge is 0.230 e. The third kappa shape index (κ3) is 3.91. The van der Waals surface area contributed by atoms with Crippen LogP contribution in [-0.2, 0) is 11.4 Å². The van der Waals surface area contributed by atoms with Crippen LogP contribution in [0.5, 0.6) is 5.75 Å². The molecular formula is C14H19N5O2S. The Labute approximate surface area is 133 Å². The quantitative estimate of drug-likeness (QED) is 0.609. The fourth-order valence-corrected chi connectivity index (χ4v) is 2.56. The molecule has 3 N–H and O–H groups in total. The number of nitrogens with two attached hydrogens (primary N) is 1. The van der Waals surface area contributed by atoms with E-state index in [1.54, 1.807) is 7.05 Å². The molecule has 0 spiro atoms. The first-order valence-corrected chi connectivity index (χ1v) is 7.72. The summed E-state index contributed by atoms with van der Waals surface area (Å²) in [6, 6.07) is 5.95. The maximum Gasteiger partial charge on any atom is 0.230 e. The van der Waals surface area contributed by atoms with E-state index in [0.29, 0.717) is 11.0 Å². The molecule has 0 atom stereocenters. The second-order valence-corrected chi connectivity index (χ2v) is 5.73. The Morgan fingerprint density at radius 2 is 2.18 bits per heavy atom. The molecule has 22 heavy (non-hydrogen) atoms. The normalized spacial score (nSPS) is 10.5. The van der Waals surface area contributed by atoms with Crippen molar-refractivity contribution in [3.8, 4) is 5.75 Å². The molecule has 1 amide bonds. The number of amides is 1. The van der Waals surface area contributed by atoms with E-state index in [2.05, 4.69) is 15.5 Å². The number of carbonyl (C=O) groups excluding carboxylic acids is 1. The lowest BCUT2D eigenvalue weighted by atomic mass is 10.1. The topological polar surface area (TPSA) is 95.1 Å². The molecule has 1 aromatic heterocycles. The van der Waals surface area contributed by atoms with Crippen molar-refractivity contribution < 1.29 is 9.53 Å². The van der Waals surface area contributed by atoms with Crippen LogP contribution in [0.3, 0.4) is 0 Å². The zero-order valence-corrected chi connectivity index (χ0v) is 13.6. The van der Waals surface area contributed by atoms with Gasteiger partial charge in [0.25, 0.3) is 0 Å². The fraction of sp³-hybridized carbons (Fsp3) is 0.357. The third-order valence-corrected chi connectivity index (χ3v) is 3.98. The van der Waals surface area contributed by atoms with E-state index in [4.69, 9.17) is 10.6 Å². The van der Waals surface area contributed by atoms with E-state index in [1.807, 2.05) is 32.0 Å². The Kier molecular flexibility index (Phi) is 5.26. The summed E-state index contributed by atoms with van der Waals surface area (Å²) in [6.07, 6.45) is 0. The minimum atomic E-state index is -0.0962. The Morgan fingerprint density at radius 3 is 2.86 bits per heavy atom. The number of nitrogen functional groups attached to an aromatic ring is 1. The van der Waals surface area contributed by atoms with Gasteiger partial charge in [0.1, 0.15) is 12.4 Å². The van der Waals surface area contributed by atoms with Crippen molar-refractivity contribution >= 4 is 17.7 Å². The molecule has 0 aliphatic carbocycles. The van der Waals surface area contributed by atoms with Crippen LogP contribution in [-0.4, -0.2) is 33.6 Å². The molecular weight excluding hydrogens is 302 g/mol. The van der Waals surface area contributed by atoms with Crippen molar-refractivity contribution in [3.05, 3.63) is 35.2 Å². The SMILES string of the molecule is CNC(=O)CSc1nnc(COc2ccc(C)cc2C)n1N. The molecule has 0 radical (unpaired) electrons. The van der Waals surface area contributed by atoms with Crippen LogP contribution in [0.1, 0.15) is 17.0 Å². The molecule has 7 nitrogen and oxygen atoms in total. The van der Waals surface area contributed by atoms with Gasteiger partial charge < -0.3 is 15.9 Å². The lowest BCUT2D eigenvalue weighted by molar-refractivity contribution is -0.118. The zero-order valence-electron chi connectivity index (χ0n) is 12.8. The summed E-state index contributed by atoms with van der Waals surface area (Å²) in [5, 5.41) is 11.0. The predicted octanol–water partition coefficient (Wildman–Crippen LogP) is 1.03. The average Bonchev–Trinajstić information content (AvgIpc) is 2.84. The number of benzene rings is 1. The van der Waals surface area contributed by atoms with Gasteiger partial charge in [-0.2, -0.15) is 0 Å². The molecule has 0 bridgehead atoms. The van der Waals surface area contributed by atoms with Crippen molar-refractivity contribution in [2.75, 3.05) is 18.6 Å². The van der Waals surface area contributed by atoms with Gasteiger partial charge in [0.15, 0.2) is 5.82 Å². The monoisotopic (exact) mass is 321 g/mol. The molecule has 0 aliphatic rings. The molecule has 0 aliphatic heterocycles. The van der Waals surface area contributed by atoms with Gasteiger partial charge >= 0.3 is 0 Å². The summed E-state index contributed by atoms with van der Waals surface area (Å²) in [5.41, 5.74) is 2.23. The van der Waals surface area contributed by atoms with Gasteiger partial charge in [-0.25, -0.2) is 4.68 Å². The van der Waals surface area contributed by atoms with Gasteiger partial charge in [-0.1, -0.05) is 29.5 Å². The molecule has 0 fully saturated rings. The van der Waals surface area contributed by atoms with Crippen molar-refractivity contribution in [2.45, 2.75) is 25.6 Å². The Balaban J connectivity index is 1.99. The van der Waals surface area contributed by atoms with Gasteiger partial charge in [-0.05, 0) is 25.5 Å². The average molecular weight is 321 g/mol. The Bertz CT molecular complexity index is 671. The second-order valence-electron chi connectivity index (χ2n) is 4.79. The maximum absolute atomic E-state index is 11.2. The number of aryl methyl sites for hydroxylation is 2. The van der Waals surface area contributed by atoms with Crippen LogP contribution in [0.25, 0.3) is 0 Å². The van der Waals surface area contributed by atoms with Gasteiger partial charge in [0, 0.05) is 7.05 Å². The molecule has 1 heterocycles. The number of hydrogen-bond acceptors (Lipinski definition) is 6. The molecule has 118 valence electrons. The highest BCUT2D eigenvalue weighted by molar-refractivity contribution is 7.99. The van der Waals surface area contributed by atoms with E-state index in [0.717, 1.165) is 11.3 Å². The molecule has 0 saturated heterocycles. The standard InChI is InChI=1S/C14H19N5O2S/c1-9-4-5-11(10(2)6-9)21-7-12-17-18-14(19(12)15)22-8-13(20)16-3/h4-6H,7-8,15H2,1-3H3,(H,16,20). The minimum absolute atomic E-state index is 0.0962. The molecule has 2 aromatic rings. The highest BCUT2D eigenvalue weighted by atomic mass is 32.2. The molecule has 1 aromatic carbocycles. The summed E-state index contributed by atoms with van der Waals surface area (Å²) in [5.74, 6) is 7.34. The summed E-state index contributed by atoms with van der Waals surface area (Å²) in [4.78, 5) is 11.2. The van der Waals surface area contributed by atoms with Crippen LogP contribution in [0.2, 0.25) is 0 Å². The van der Waals surface area contributed by atoms with Gasteiger partial charge in [-0.3, -0.25) is 4.79 Å². The first-order chi connectivity index (χ1) is 10.5. The van der Waals surface area contributed by atoms with Gasteiger partial charge in [0.05, 0.1) is 5.75 Å². The first-order valence-electron chi connectivity index (χ1n) is 6.74. The third-order valence-electron chi connectivity index (χ3n) is 3.03. The number of thioether (sulfide) groups is 1. The van der Waals surface area contributed by atoms with Gasteiger partial charge in [-0.15, -0.1) is 10.2 Å². The summed E-state index contributed by atoms with van der Waals surface area (Å²) >= 11 is 1.22. The molecule has 2 rings (SSSR count). The van der Waals surface area contributed by atoms with E-state index < -0.39 is 0 Å². The van der Waals surface area contributed by atoms with E-state index in [1.165, 1.54) is 22.0 Å². The molecule has 0 saturated carbocycles. The van der Waals surface area contributed by atoms with Crippen LogP contribution < -0.4 is 15.9 Å². The molecule has 0 unspecified atom stereocenters. The highest BCUT2D eigenvalue weighted by Gasteiger charge is 2.12. The van der Waals surface area contributed by atoms with Crippen LogP contribution in [0, 0.1) is 13.8 Å². The van der Waals surface area contributed by atoms with E-state index in [9.17, 15) is 4.79 Å². The minimum Gasteiger partial charge on any atom is -0.485 e. The summed E-state index contributed by atoms with van der Waals surface area (Å²) in [7, 11) is 1.58. The number of aromatic nitrogens is 3. The predicted molar refractivity (Wildman–Crippen MR) is 85.2 cm³/mol. The lowest BCUT2D eigenvalue weighted by Crippen LogP contribution is -2.21. The number of nitrogens with one attached hydrogen (secondary N) is 1. The van der Waals surface area contributed by atoms with Crippen molar-refractivity contribution in [1.29, 1.82) is 0 Å². The number of hydrogen-bond donors (Lipinski definition) is 2. The largest absolute Gasteiger partial charge is 0.485 e. The lowest BCUT2D eigenvalue weighted by Gasteiger charge is -2.09. The second kappa shape index (κ2) is 7.17. The Hall–Kier alpha value is -2.22. The van der Waals surface area contributed by atoms with Crippen LogP contribution in [0.15, 0.2) is 23.4 Å². The molecule has 8 heteroatoms. The van der Waals surface area contributed by atoms with E-state index >= 15 is 0 Å². The highest BCUT2D eigenvalue weighted by Crippen LogP contribution is 2.20. The first kappa shape index (κ1) is 16.2. The number of nitrogens with zero attached hydrogens (tertiary/aromatic N) is 3. The zero-order chi connectivity index (χ0) is 16.1. The summed E-state index contributed by atoms with van der Waals surface area (Å²) < 4.78 is 7.07. The van der Waals surface area contributed by atoms with Crippen molar-refractivity contribution in [1.82, 2.24) is 20.2 Å². The maximum atomic E-state index is 11.2. The van der Waals surface area contributed by atoms with Crippen molar-refractivity contribution in [2.24, 2.45) is 0 Å². The van der Waals surface area contributed by atoms with Gasteiger partial charge in [0.2, 0.25) is 11.1 Å².